The van der Waals surface area contributed by atoms with E-state index >= 15 is 0 Å². The molecule has 2 aromatic carbocycles. The fourth-order valence-electron chi connectivity index (χ4n) is 2.51. The molecule has 1 aromatic heterocycles. The number of thioether (sulfide) groups is 1. The molecule has 3 aromatic rings. The number of carbonyl (C=O) groups excluding carboxylic acids is 1. The first kappa shape index (κ1) is 19.0. The Labute approximate surface area is 159 Å². The maximum atomic E-state index is 13.7. The first-order valence-corrected chi connectivity index (χ1v) is 9.12. The van der Waals surface area contributed by atoms with Gasteiger partial charge in [-0.1, -0.05) is 36.0 Å². The zero-order valence-corrected chi connectivity index (χ0v) is 15.8. The van der Waals surface area contributed by atoms with E-state index in [9.17, 15) is 13.6 Å². The van der Waals surface area contributed by atoms with Crippen LogP contribution >= 0.6 is 11.8 Å². The Morgan fingerprint density at radius 2 is 1.93 bits per heavy atom. The number of carbonyl (C=O) groups is 1. The smallest absolute Gasteiger partial charge is 0.237 e. The molecule has 0 aliphatic rings. The molecular weight excluding hydrogens is 370 g/mol. The minimum Gasteiger partial charge on any atom is -0.323 e. The van der Waals surface area contributed by atoms with Crippen LogP contribution in [0.1, 0.15) is 12.5 Å². The number of halogens is 2. The highest BCUT2D eigenvalue weighted by molar-refractivity contribution is 8.00. The fourth-order valence-corrected chi connectivity index (χ4v) is 3.33. The lowest BCUT2D eigenvalue weighted by Crippen LogP contribution is -2.23. The average molecular weight is 388 g/mol. The first-order valence-electron chi connectivity index (χ1n) is 8.24. The van der Waals surface area contributed by atoms with Crippen LogP contribution in [0.4, 0.5) is 14.5 Å². The number of rotatable bonds is 5. The van der Waals surface area contributed by atoms with E-state index < -0.39 is 22.8 Å². The van der Waals surface area contributed by atoms with Crippen molar-refractivity contribution >= 4 is 23.4 Å². The summed E-state index contributed by atoms with van der Waals surface area (Å²) in [6, 6.07) is 10.8. The standard InChI is InChI=1S/C19H18F2N4OS/c1-11-6-4-5-7-14(11)17-23-24-19(25(17)3)27-12(2)18(26)22-16-9-8-13(20)10-15(16)21/h4-10,12H,1-3H3,(H,22,26)/t12-/m0/s1. The van der Waals surface area contributed by atoms with E-state index in [-0.39, 0.29) is 5.69 Å². The molecule has 0 saturated carbocycles. The van der Waals surface area contributed by atoms with Gasteiger partial charge in [0.25, 0.3) is 0 Å². The Morgan fingerprint density at radius 3 is 2.63 bits per heavy atom. The summed E-state index contributed by atoms with van der Waals surface area (Å²) in [6.07, 6.45) is 0. The summed E-state index contributed by atoms with van der Waals surface area (Å²) in [7, 11) is 1.83. The van der Waals surface area contributed by atoms with E-state index in [0.29, 0.717) is 11.0 Å². The number of hydrogen-bond acceptors (Lipinski definition) is 4. The lowest BCUT2D eigenvalue weighted by atomic mass is 10.1. The summed E-state index contributed by atoms with van der Waals surface area (Å²) in [5.41, 5.74) is 1.97. The Bertz CT molecular complexity index is 990. The highest BCUT2D eigenvalue weighted by Crippen LogP contribution is 2.28. The van der Waals surface area contributed by atoms with Crippen LogP contribution in [0, 0.1) is 18.6 Å². The second-order valence-corrected chi connectivity index (χ2v) is 7.36. The Balaban J connectivity index is 1.73. The van der Waals surface area contributed by atoms with E-state index in [4.69, 9.17) is 0 Å². The molecule has 27 heavy (non-hydrogen) atoms. The molecule has 3 rings (SSSR count). The van der Waals surface area contributed by atoms with E-state index in [1.807, 2.05) is 42.8 Å². The van der Waals surface area contributed by atoms with Gasteiger partial charge < -0.3 is 9.88 Å². The molecule has 0 radical (unpaired) electrons. The molecule has 0 unspecified atom stereocenters. The van der Waals surface area contributed by atoms with Gasteiger partial charge in [-0.25, -0.2) is 8.78 Å². The van der Waals surface area contributed by atoms with Gasteiger partial charge >= 0.3 is 0 Å². The molecule has 0 saturated heterocycles. The van der Waals surface area contributed by atoms with Crippen LogP contribution in [0.15, 0.2) is 47.6 Å². The number of hydrogen-bond donors (Lipinski definition) is 1. The number of anilines is 1. The third-order valence-electron chi connectivity index (χ3n) is 4.06. The molecule has 1 amide bonds. The van der Waals surface area contributed by atoms with Crippen molar-refractivity contribution in [3.8, 4) is 11.4 Å². The van der Waals surface area contributed by atoms with Gasteiger partial charge in [0.2, 0.25) is 5.91 Å². The zero-order chi connectivity index (χ0) is 19.6. The molecule has 5 nitrogen and oxygen atoms in total. The Morgan fingerprint density at radius 1 is 1.19 bits per heavy atom. The molecule has 0 aliphatic heterocycles. The van der Waals surface area contributed by atoms with E-state index in [2.05, 4.69) is 15.5 Å². The molecule has 1 heterocycles. The van der Waals surface area contributed by atoms with Crippen molar-refractivity contribution in [2.75, 3.05) is 5.32 Å². The topological polar surface area (TPSA) is 59.8 Å². The first-order chi connectivity index (χ1) is 12.9. The van der Waals surface area contributed by atoms with Crippen molar-refractivity contribution in [3.63, 3.8) is 0 Å². The number of nitrogens with zero attached hydrogens (tertiary/aromatic N) is 3. The van der Waals surface area contributed by atoms with Gasteiger partial charge in [-0.05, 0) is 31.5 Å². The number of nitrogens with one attached hydrogen (secondary N) is 1. The predicted octanol–water partition coefficient (Wildman–Crippen LogP) is 4.19. The number of amides is 1. The Kier molecular flexibility index (Phi) is 5.55. The summed E-state index contributed by atoms with van der Waals surface area (Å²) < 4.78 is 28.5. The van der Waals surface area contributed by atoms with Crippen LogP contribution in [0.3, 0.4) is 0 Å². The van der Waals surface area contributed by atoms with Crippen molar-refractivity contribution in [2.45, 2.75) is 24.3 Å². The van der Waals surface area contributed by atoms with Crippen molar-refractivity contribution in [1.82, 2.24) is 14.8 Å². The van der Waals surface area contributed by atoms with Crippen LogP contribution in [-0.4, -0.2) is 25.9 Å². The number of aromatic nitrogens is 3. The van der Waals surface area contributed by atoms with Gasteiger partial charge in [0.15, 0.2) is 11.0 Å². The van der Waals surface area contributed by atoms with Crippen LogP contribution in [0.2, 0.25) is 0 Å². The molecule has 140 valence electrons. The highest BCUT2D eigenvalue weighted by atomic mass is 32.2. The maximum Gasteiger partial charge on any atom is 0.237 e. The molecule has 1 atom stereocenters. The van der Waals surface area contributed by atoms with Gasteiger partial charge in [-0.2, -0.15) is 0 Å². The summed E-state index contributed by atoms with van der Waals surface area (Å²) in [6.45, 7) is 3.67. The minimum absolute atomic E-state index is 0.0626. The zero-order valence-electron chi connectivity index (χ0n) is 15.0. The Hall–Kier alpha value is -2.74. The molecule has 1 N–H and O–H groups in total. The van der Waals surface area contributed by atoms with Crippen LogP contribution < -0.4 is 5.32 Å². The predicted molar refractivity (Wildman–Crippen MR) is 101 cm³/mol. The molecule has 0 spiro atoms. The molecule has 8 heteroatoms. The number of benzene rings is 2. The van der Waals surface area contributed by atoms with Gasteiger partial charge in [0, 0.05) is 18.7 Å². The average Bonchev–Trinajstić information content (AvgIpc) is 2.98. The summed E-state index contributed by atoms with van der Waals surface area (Å²) in [5.74, 6) is -1.23. The lowest BCUT2D eigenvalue weighted by molar-refractivity contribution is -0.115. The normalized spacial score (nSPS) is 12.0. The summed E-state index contributed by atoms with van der Waals surface area (Å²) in [5, 5.41) is 10.9. The molecular formula is C19H18F2N4OS. The second-order valence-electron chi connectivity index (χ2n) is 6.05. The van der Waals surface area contributed by atoms with Crippen molar-refractivity contribution in [1.29, 1.82) is 0 Å². The van der Waals surface area contributed by atoms with Crippen LogP contribution in [0.5, 0.6) is 0 Å². The van der Waals surface area contributed by atoms with E-state index in [1.165, 1.54) is 17.8 Å². The highest BCUT2D eigenvalue weighted by Gasteiger charge is 2.21. The molecule has 0 bridgehead atoms. The third-order valence-corrected chi connectivity index (χ3v) is 5.20. The largest absolute Gasteiger partial charge is 0.323 e. The molecule has 0 aliphatic carbocycles. The van der Waals surface area contributed by atoms with Gasteiger partial charge in [-0.15, -0.1) is 10.2 Å². The van der Waals surface area contributed by atoms with Crippen molar-refractivity contribution < 1.29 is 13.6 Å². The summed E-state index contributed by atoms with van der Waals surface area (Å²) >= 11 is 1.21. The minimum atomic E-state index is -0.818. The fraction of sp³-hybridized carbons (Fsp3) is 0.211. The van der Waals surface area contributed by atoms with Gasteiger partial charge in [0.05, 0.1) is 10.9 Å². The van der Waals surface area contributed by atoms with Gasteiger partial charge in [-0.3, -0.25) is 4.79 Å². The summed E-state index contributed by atoms with van der Waals surface area (Å²) in [4.78, 5) is 12.3. The lowest BCUT2D eigenvalue weighted by Gasteiger charge is -2.12. The van der Waals surface area contributed by atoms with Crippen LogP contribution in [-0.2, 0) is 11.8 Å². The van der Waals surface area contributed by atoms with E-state index in [1.54, 1.807) is 6.92 Å². The monoisotopic (exact) mass is 388 g/mol. The van der Waals surface area contributed by atoms with Gasteiger partial charge in [0.1, 0.15) is 11.6 Å². The quantitative estimate of drug-likeness (QED) is 0.666. The van der Waals surface area contributed by atoms with Crippen LogP contribution in [0.25, 0.3) is 11.4 Å². The number of aryl methyl sites for hydroxylation is 1. The molecule has 0 fully saturated rings. The van der Waals surface area contributed by atoms with E-state index in [0.717, 1.165) is 23.3 Å². The second kappa shape index (κ2) is 7.87. The SMILES string of the molecule is Cc1ccccc1-c1nnc(S[C@@H](C)C(=O)Nc2ccc(F)cc2F)n1C. The van der Waals surface area contributed by atoms with Crippen molar-refractivity contribution in [3.05, 3.63) is 59.7 Å². The van der Waals surface area contributed by atoms with Crippen molar-refractivity contribution in [2.24, 2.45) is 7.05 Å². The maximum absolute atomic E-state index is 13.7. The third kappa shape index (κ3) is 4.16.